The number of rotatable bonds is 5. The van der Waals surface area contributed by atoms with E-state index in [2.05, 4.69) is 5.32 Å². The Morgan fingerprint density at radius 2 is 2.53 bits per heavy atom. The van der Waals surface area contributed by atoms with E-state index in [-0.39, 0.29) is 5.91 Å². The van der Waals surface area contributed by atoms with Gasteiger partial charge in [-0.1, -0.05) is 13.3 Å². The number of hydrogen-bond acceptors (Lipinski definition) is 3. The quantitative estimate of drug-likeness (QED) is 0.799. The topological polar surface area (TPSA) is 66.0 Å². The van der Waals surface area contributed by atoms with Gasteiger partial charge in [-0.15, -0.1) is 0 Å². The van der Waals surface area contributed by atoms with Crippen molar-refractivity contribution < 1.29 is 9.21 Å². The Bertz CT molecular complexity index is 338. The van der Waals surface area contributed by atoms with Crippen molar-refractivity contribution in [1.82, 2.24) is 5.32 Å². The van der Waals surface area contributed by atoms with Gasteiger partial charge in [-0.05, 0) is 18.6 Å². The fourth-order valence-electron chi connectivity index (χ4n) is 1.25. The molecule has 80 valence electrons. The fourth-order valence-corrected chi connectivity index (χ4v) is 1.25. The van der Waals surface area contributed by atoms with Gasteiger partial charge in [0.25, 0.3) is 0 Å². The van der Waals surface area contributed by atoms with E-state index >= 15 is 0 Å². The molecule has 0 aliphatic heterocycles. The highest BCUT2D eigenvalue weighted by Crippen LogP contribution is 2.06. The molecule has 1 aromatic rings. The molecule has 0 spiro atoms. The molecule has 1 rings (SSSR count). The van der Waals surface area contributed by atoms with Crippen molar-refractivity contribution in [3.8, 4) is 6.07 Å². The third kappa shape index (κ3) is 3.47. The number of furan rings is 1. The lowest BCUT2D eigenvalue weighted by molar-refractivity contribution is -0.123. The van der Waals surface area contributed by atoms with Gasteiger partial charge in [0.15, 0.2) is 0 Å². The number of carbonyl (C=O) groups excluding carboxylic acids is 1. The lowest BCUT2D eigenvalue weighted by Crippen LogP contribution is -2.29. The van der Waals surface area contributed by atoms with Gasteiger partial charge in [0, 0.05) is 0 Å². The molecule has 0 radical (unpaired) electrons. The van der Waals surface area contributed by atoms with Gasteiger partial charge >= 0.3 is 0 Å². The van der Waals surface area contributed by atoms with E-state index in [1.807, 2.05) is 13.0 Å². The summed E-state index contributed by atoms with van der Waals surface area (Å²) in [6.45, 7) is 2.29. The summed E-state index contributed by atoms with van der Waals surface area (Å²) in [6, 6.07) is 5.53. The summed E-state index contributed by atoms with van der Waals surface area (Å²) in [4.78, 5) is 11.5. The lowest BCUT2D eigenvalue weighted by atomic mass is 10.1. The van der Waals surface area contributed by atoms with Crippen molar-refractivity contribution >= 4 is 5.91 Å². The first-order valence-electron chi connectivity index (χ1n) is 4.97. The Morgan fingerprint density at radius 3 is 3.07 bits per heavy atom. The van der Waals surface area contributed by atoms with E-state index in [1.54, 1.807) is 18.4 Å². The molecule has 0 aromatic carbocycles. The number of nitriles is 1. The van der Waals surface area contributed by atoms with E-state index in [4.69, 9.17) is 9.68 Å². The van der Waals surface area contributed by atoms with E-state index in [1.165, 1.54) is 0 Å². The van der Waals surface area contributed by atoms with E-state index < -0.39 is 5.92 Å². The zero-order valence-corrected chi connectivity index (χ0v) is 8.69. The second kappa shape index (κ2) is 5.86. The molecule has 1 unspecified atom stereocenters. The highest BCUT2D eigenvalue weighted by Gasteiger charge is 2.16. The summed E-state index contributed by atoms with van der Waals surface area (Å²) in [5.41, 5.74) is 0. The molecule has 15 heavy (non-hydrogen) atoms. The molecule has 4 heteroatoms. The smallest absolute Gasteiger partial charge is 0.237 e. The van der Waals surface area contributed by atoms with Crippen LogP contribution in [-0.2, 0) is 11.3 Å². The van der Waals surface area contributed by atoms with Crippen molar-refractivity contribution in [3.63, 3.8) is 0 Å². The van der Waals surface area contributed by atoms with Gasteiger partial charge in [-0.25, -0.2) is 0 Å². The summed E-state index contributed by atoms with van der Waals surface area (Å²) < 4.78 is 5.06. The van der Waals surface area contributed by atoms with Crippen LogP contribution in [0.25, 0.3) is 0 Å². The zero-order valence-electron chi connectivity index (χ0n) is 8.69. The van der Waals surface area contributed by atoms with Crippen molar-refractivity contribution in [3.05, 3.63) is 24.2 Å². The highest BCUT2D eigenvalue weighted by molar-refractivity contribution is 5.80. The maximum Gasteiger partial charge on any atom is 0.237 e. The number of nitrogens with one attached hydrogen (secondary N) is 1. The predicted octanol–water partition coefficient (Wildman–Crippen LogP) is 1.84. The normalized spacial score (nSPS) is 11.7. The van der Waals surface area contributed by atoms with Crippen molar-refractivity contribution in [2.75, 3.05) is 0 Å². The number of hydrogen-bond donors (Lipinski definition) is 1. The molecule has 1 N–H and O–H groups in total. The van der Waals surface area contributed by atoms with Crippen molar-refractivity contribution in [2.24, 2.45) is 5.92 Å². The Kier molecular flexibility index (Phi) is 4.42. The van der Waals surface area contributed by atoms with Crippen molar-refractivity contribution in [1.29, 1.82) is 5.26 Å². The van der Waals surface area contributed by atoms with Crippen LogP contribution in [0.15, 0.2) is 22.8 Å². The molecule has 1 amide bonds. The first-order valence-corrected chi connectivity index (χ1v) is 4.97. The number of nitrogens with zero attached hydrogens (tertiary/aromatic N) is 1. The Hall–Kier alpha value is -1.76. The average molecular weight is 206 g/mol. The summed E-state index contributed by atoms with van der Waals surface area (Å²) in [6.07, 6.45) is 2.97. The maximum atomic E-state index is 11.5. The predicted molar refractivity (Wildman–Crippen MR) is 54.6 cm³/mol. The van der Waals surface area contributed by atoms with Gasteiger partial charge in [0.2, 0.25) is 5.91 Å². The SMILES string of the molecule is CCCC(C#N)C(=O)NCc1ccco1. The molecule has 0 fully saturated rings. The molecule has 0 saturated carbocycles. The summed E-state index contributed by atoms with van der Waals surface area (Å²) in [7, 11) is 0. The van der Waals surface area contributed by atoms with E-state index in [0.717, 1.165) is 6.42 Å². The third-order valence-corrected chi connectivity index (χ3v) is 2.07. The van der Waals surface area contributed by atoms with E-state index in [9.17, 15) is 4.79 Å². The van der Waals surface area contributed by atoms with Crippen molar-refractivity contribution in [2.45, 2.75) is 26.3 Å². The zero-order chi connectivity index (χ0) is 11.1. The average Bonchev–Trinajstić information content (AvgIpc) is 2.75. The molecule has 0 aliphatic carbocycles. The van der Waals surface area contributed by atoms with Gasteiger partial charge < -0.3 is 9.73 Å². The molecular weight excluding hydrogens is 192 g/mol. The third-order valence-electron chi connectivity index (χ3n) is 2.07. The standard InChI is InChI=1S/C11H14N2O2/c1-2-4-9(7-12)11(14)13-8-10-5-3-6-15-10/h3,5-6,9H,2,4,8H2,1H3,(H,13,14). The lowest BCUT2D eigenvalue weighted by Gasteiger charge is -2.07. The summed E-state index contributed by atoms with van der Waals surface area (Å²) in [5, 5.41) is 11.4. The fraction of sp³-hybridized carbons (Fsp3) is 0.455. The first-order chi connectivity index (χ1) is 7.27. The number of amides is 1. The van der Waals surface area contributed by atoms with Crippen LogP contribution in [-0.4, -0.2) is 5.91 Å². The summed E-state index contributed by atoms with van der Waals surface area (Å²) in [5.74, 6) is -0.0859. The van der Waals surface area contributed by atoms with E-state index in [0.29, 0.717) is 18.7 Å². The summed E-state index contributed by atoms with van der Waals surface area (Å²) >= 11 is 0. The maximum absolute atomic E-state index is 11.5. The molecule has 1 heterocycles. The van der Waals surface area contributed by atoms with Crippen LogP contribution in [0.5, 0.6) is 0 Å². The van der Waals surface area contributed by atoms with Crippen LogP contribution in [0.1, 0.15) is 25.5 Å². The highest BCUT2D eigenvalue weighted by atomic mass is 16.3. The van der Waals surface area contributed by atoms with Gasteiger partial charge in [0.1, 0.15) is 11.7 Å². The van der Waals surface area contributed by atoms with Crippen LogP contribution < -0.4 is 5.32 Å². The monoisotopic (exact) mass is 206 g/mol. The minimum Gasteiger partial charge on any atom is -0.467 e. The van der Waals surface area contributed by atoms with Crippen LogP contribution in [0.2, 0.25) is 0 Å². The molecule has 0 aliphatic rings. The molecule has 0 saturated heterocycles. The number of carbonyl (C=O) groups is 1. The molecule has 1 atom stereocenters. The molecular formula is C11H14N2O2. The van der Waals surface area contributed by atoms with Crippen LogP contribution >= 0.6 is 0 Å². The second-order valence-electron chi connectivity index (χ2n) is 3.27. The van der Waals surface area contributed by atoms with Gasteiger partial charge in [-0.2, -0.15) is 5.26 Å². The second-order valence-corrected chi connectivity index (χ2v) is 3.27. The molecule has 4 nitrogen and oxygen atoms in total. The minimum atomic E-state index is -0.551. The Morgan fingerprint density at radius 1 is 1.73 bits per heavy atom. The van der Waals surface area contributed by atoms with Gasteiger partial charge in [-0.3, -0.25) is 4.79 Å². The first kappa shape index (κ1) is 11.3. The Labute approximate surface area is 88.9 Å². The Balaban J connectivity index is 2.38. The van der Waals surface area contributed by atoms with Crippen LogP contribution in [0.3, 0.4) is 0 Å². The molecule has 1 aromatic heterocycles. The minimum absolute atomic E-state index is 0.226. The van der Waals surface area contributed by atoms with Gasteiger partial charge in [0.05, 0.1) is 18.9 Å². The van der Waals surface area contributed by atoms with Crippen LogP contribution in [0.4, 0.5) is 0 Å². The molecule has 0 bridgehead atoms. The largest absolute Gasteiger partial charge is 0.467 e. The van der Waals surface area contributed by atoms with Crippen LogP contribution in [0, 0.1) is 17.2 Å².